The lowest BCUT2D eigenvalue weighted by atomic mass is 10.2. The van der Waals surface area contributed by atoms with Gasteiger partial charge in [-0.15, -0.1) is 0 Å². The number of amides is 2. The number of nitrogens with one attached hydrogen (secondary N) is 2. The molecule has 29 heavy (non-hydrogen) atoms. The maximum Gasteiger partial charge on any atom is 0.335 e. The first-order valence-corrected chi connectivity index (χ1v) is 9.75. The second kappa shape index (κ2) is 9.68. The number of rotatable bonds is 8. The summed E-state index contributed by atoms with van der Waals surface area (Å²) >= 11 is 0. The molecule has 12 heteroatoms. The highest BCUT2D eigenvalue weighted by Gasteiger charge is 2.22. The van der Waals surface area contributed by atoms with Gasteiger partial charge in [0, 0.05) is 13.3 Å². The van der Waals surface area contributed by atoms with Crippen LogP contribution in [-0.4, -0.2) is 51.2 Å². The van der Waals surface area contributed by atoms with E-state index in [1.54, 1.807) is 12.1 Å². The Morgan fingerprint density at radius 3 is 2.28 bits per heavy atom. The van der Waals surface area contributed by atoms with Crippen molar-refractivity contribution in [3.05, 3.63) is 35.9 Å². The van der Waals surface area contributed by atoms with Crippen molar-refractivity contribution in [2.24, 2.45) is 0 Å². The molecule has 0 radical (unpaired) electrons. The van der Waals surface area contributed by atoms with E-state index >= 15 is 0 Å². The fourth-order valence-corrected chi connectivity index (χ4v) is 3.43. The zero-order chi connectivity index (χ0) is 21.4. The van der Waals surface area contributed by atoms with Gasteiger partial charge in [-0.3, -0.25) is 10.1 Å². The summed E-state index contributed by atoms with van der Waals surface area (Å²) in [4.78, 5) is 30.7. The number of hydrogen-bond acceptors (Lipinski definition) is 9. The number of benzene rings is 1. The Morgan fingerprint density at radius 2 is 1.69 bits per heavy atom. The van der Waals surface area contributed by atoms with Crippen molar-refractivity contribution in [1.29, 1.82) is 0 Å². The van der Waals surface area contributed by atoms with E-state index in [1.165, 1.54) is 39.3 Å². The van der Waals surface area contributed by atoms with Gasteiger partial charge in [0.2, 0.25) is 17.7 Å². The van der Waals surface area contributed by atoms with Gasteiger partial charge in [-0.2, -0.15) is 9.97 Å². The molecule has 1 aromatic heterocycles. The van der Waals surface area contributed by atoms with Crippen LogP contribution in [0.25, 0.3) is 0 Å². The van der Waals surface area contributed by atoms with Crippen molar-refractivity contribution in [3.63, 3.8) is 0 Å². The molecule has 2 amide bonds. The number of anilines is 1. The van der Waals surface area contributed by atoms with Crippen LogP contribution in [0.3, 0.4) is 0 Å². The minimum atomic E-state index is -4.21. The minimum Gasteiger partial charge on any atom is -0.481 e. The molecule has 1 heterocycles. The molecular formula is C17H20N4O7S. The van der Waals surface area contributed by atoms with E-state index in [0.717, 1.165) is 0 Å². The Hall–Kier alpha value is -3.41. The van der Waals surface area contributed by atoms with Gasteiger partial charge >= 0.3 is 12.0 Å². The number of aromatic nitrogens is 2. The summed E-state index contributed by atoms with van der Waals surface area (Å²) in [5.41, 5.74) is 0.383. The molecule has 11 nitrogen and oxygen atoms in total. The van der Waals surface area contributed by atoms with Gasteiger partial charge in [-0.05, 0) is 11.6 Å². The zero-order valence-electron chi connectivity index (χ0n) is 16.0. The third-order valence-electron chi connectivity index (χ3n) is 3.49. The van der Waals surface area contributed by atoms with E-state index in [4.69, 9.17) is 14.2 Å². The number of carbonyl (C=O) groups is 2. The second-order valence-corrected chi connectivity index (χ2v) is 7.18. The van der Waals surface area contributed by atoms with Crippen LogP contribution in [0.4, 0.5) is 10.7 Å². The summed E-state index contributed by atoms with van der Waals surface area (Å²) in [5, 5.41) is 2.21. The fourth-order valence-electron chi connectivity index (χ4n) is 2.25. The highest BCUT2D eigenvalue weighted by Crippen LogP contribution is 2.18. The number of esters is 1. The SMILES string of the molecule is COc1cc(OC)nc(NC(=O)NS(=O)(=O)c2ccccc2CCOC(C)=O)n1. The van der Waals surface area contributed by atoms with E-state index in [9.17, 15) is 18.0 Å². The highest BCUT2D eigenvalue weighted by atomic mass is 32.2. The largest absolute Gasteiger partial charge is 0.481 e. The molecule has 0 fully saturated rings. The minimum absolute atomic E-state index is 0.00546. The molecule has 0 aliphatic carbocycles. The lowest BCUT2D eigenvalue weighted by Crippen LogP contribution is -2.35. The normalized spacial score (nSPS) is 10.7. The molecule has 156 valence electrons. The Labute approximate surface area is 167 Å². The maximum absolute atomic E-state index is 12.6. The van der Waals surface area contributed by atoms with E-state index in [0.29, 0.717) is 5.56 Å². The third kappa shape index (κ3) is 6.31. The van der Waals surface area contributed by atoms with Crippen LogP contribution in [0.2, 0.25) is 0 Å². The first-order chi connectivity index (χ1) is 13.7. The zero-order valence-corrected chi connectivity index (χ0v) is 16.8. The van der Waals surface area contributed by atoms with Gasteiger partial charge in [0.05, 0.1) is 31.8 Å². The first kappa shape index (κ1) is 21.9. The van der Waals surface area contributed by atoms with Gasteiger partial charge in [0.1, 0.15) is 0 Å². The van der Waals surface area contributed by atoms with Crippen molar-refractivity contribution >= 4 is 28.0 Å². The predicted octanol–water partition coefficient (Wildman–Crippen LogP) is 1.11. The number of nitrogens with zero attached hydrogens (tertiary/aromatic N) is 2. The average molecular weight is 424 g/mol. The molecule has 2 N–H and O–H groups in total. The predicted molar refractivity (Wildman–Crippen MR) is 101 cm³/mol. The smallest absolute Gasteiger partial charge is 0.335 e. The summed E-state index contributed by atoms with van der Waals surface area (Å²) in [5.74, 6) is -0.453. The first-order valence-electron chi connectivity index (χ1n) is 8.27. The number of sulfonamides is 1. The van der Waals surface area contributed by atoms with Gasteiger partial charge in [-0.1, -0.05) is 18.2 Å². The number of hydrogen-bond donors (Lipinski definition) is 2. The van der Waals surface area contributed by atoms with Crippen molar-refractivity contribution in [2.75, 3.05) is 26.1 Å². The van der Waals surface area contributed by atoms with Crippen LogP contribution in [0.1, 0.15) is 12.5 Å². The molecule has 0 unspecified atom stereocenters. The molecule has 2 aromatic rings. The lowest BCUT2D eigenvalue weighted by Gasteiger charge is -2.12. The molecule has 2 rings (SSSR count). The molecular weight excluding hydrogens is 404 g/mol. The Kier molecular flexibility index (Phi) is 7.31. The van der Waals surface area contributed by atoms with Gasteiger partial charge in [-0.25, -0.2) is 17.9 Å². The summed E-state index contributed by atoms with van der Waals surface area (Å²) in [6, 6.07) is 6.36. The Balaban J connectivity index is 2.15. The molecule has 0 saturated carbocycles. The van der Waals surface area contributed by atoms with E-state index < -0.39 is 22.0 Å². The number of carbonyl (C=O) groups excluding carboxylic acids is 2. The van der Waals surface area contributed by atoms with Crippen molar-refractivity contribution in [1.82, 2.24) is 14.7 Å². The Bertz CT molecular complexity index is 973. The Morgan fingerprint density at radius 1 is 1.07 bits per heavy atom. The number of methoxy groups -OCH3 is 2. The van der Waals surface area contributed by atoms with Crippen LogP contribution < -0.4 is 19.5 Å². The standard InChI is InChI=1S/C17H20N4O7S/c1-11(22)28-9-8-12-6-4-5-7-13(12)29(24,25)21-17(23)20-16-18-14(26-2)10-15(19-16)27-3/h4-7,10H,8-9H2,1-3H3,(H2,18,19,20,21,23). The van der Waals surface area contributed by atoms with Gasteiger partial charge in [0.25, 0.3) is 10.0 Å². The number of urea groups is 1. The summed E-state index contributed by atoms with van der Waals surface area (Å²) in [6.07, 6.45) is 0.161. The van der Waals surface area contributed by atoms with Crippen LogP contribution in [0, 0.1) is 0 Å². The van der Waals surface area contributed by atoms with Crippen LogP contribution in [0.5, 0.6) is 11.8 Å². The third-order valence-corrected chi connectivity index (χ3v) is 4.92. The second-order valence-electron chi connectivity index (χ2n) is 5.53. The van der Waals surface area contributed by atoms with E-state index in [-0.39, 0.29) is 35.6 Å². The lowest BCUT2D eigenvalue weighted by molar-refractivity contribution is -0.140. The van der Waals surface area contributed by atoms with Crippen LogP contribution >= 0.6 is 0 Å². The van der Waals surface area contributed by atoms with Gasteiger partial charge < -0.3 is 14.2 Å². The molecule has 0 aliphatic rings. The van der Waals surface area contributed by atoms with E-state index in [2.05, 4.69) is 15.3 Å². The molecule has 0 aliphatic heterocycles. The summed E-state index contributed by atoms with van der Waals surface area (Å²) < 4.78 is 41.9. The summed E-state index contributed by atoms with van der Waals surface area (Å²) in [6.45, 7) is 1.26. The van der Waals surface area contributed by atoms with Crippen LogP contribution in [-0.2, 0) is 26.0 Å². The molecule has 0 spiro atoms. The summed E-state index contributed by atoms with van der Waals surface area (Å²) in [7, 11) is -1.49. The fraction of sp³-hybridized carbons (Fsp3) is 0.294. The quantitative estimate of drug-likeness (QED) is 0.595. The van der Waals surface area contributed by atoms with Gasteiger partial charge in [0.15, 0.2) is 0 Å². The monoisotopic (exact) mass is 424 g/mol. The topological polar surface area (TPSA) is 146 Å². The highest BCUT2D eigenvalue weighted by molar-refractivity contribution is 7.90. The molecule has 0 saturated heterocycles. The molecule has 0 bridgehead atoms. The average Bonchev–Trinajstić information content (AvgIpc) is 2.67. The number of ether oxygens (including phenoxy) is 3. The molecule has 1 aromatic carbocycles. The van der Waals surface area contributed by atoms with E-state index in [1.807, 2.05) is 4.72 Å². The van der Waals surface area contributed by atoms with Crippen molar-refractivity contribution in [3.8, 4) is 11.8 Å². The molecule has 0 atom stereocenters. The van der Waals surface area contributed by atoms with Crippen LogP contribution in [0.15, 0.2) is 35.2 Å². The van der Waals surface area contributed by atoms with Crippen molar-refractivity contribution in [2.45, 2.75) is 18.2 Å². The maximum atomic E-state index is 12.6. The van der Waals surface area contributed by atoms with Crippen molar-refractivity contribution < 1.29 is 32.2 Å².